The minimum absolute atomic E-state index is 0.0230. The summed E-state index contributed by atoms with van der Waals surface area (Å²) in [6.45, 7) is 2.04. The van der Waals surface area contributed by atoms with Gasteiger partial charge < -0.3 is 10.2 Å². The summed E-state index contributed by atoms with van der Waals surface area (Å²) >= 11 is 0. The van der Waals surface area contributed by atoms with E-state index >= 15 is 0 Å². The van der Waals surface area contributed by atoms with Gasteiger partial charge in [-0.2, -0.15) is 5.10 Å². The Balaban J connectivity index is 1.38. The van der Waals surface area contributed by atoms with Gasteiger partial charge in [-0.25, -0.2) is 9.37 Å². The van der Waals surface area contributed by atoms with Crippen molar-refractivity contribution in [3.05, 3.63) is 12.7 Å². The van der Waals surface area contributed by atoms with E-state index in [-0.39, 0.29) is 12.5 Å². The van der Waals surface area contributed by atoms with Crippen LogP contribution in [0.4, 0.5) is 4.39 Å². The van der Waals surface area contributed by atoms with Crippen LogP contribution in [-0.2, 0) is 11.3 Å². The van der Waals surface area contributed by atoms with E-state index in [1.807, 2.05) is 4.68 Å². The van der Waals surface area contributed by atoms with E-state index in [0.29, 0.717) is 31.5 Å². The van der Waals surface area contributed by atoms with Gasteiger partial charge in [-0.15, -0.1) is 0 Å². The van der Waals surface area contributed by atoms with Crippen molar-refractivity contribution in [2.45, 2.75) is 44.4 Å². The maximum Gasteiger partial charge on any atom is 0.236 e. The van der Waals surface area contributed by atoms with E-state index in [1.54, 1.807) is 17.6 Å². The molecular weight excluding hydrogens is 273 g/mol. The van der Waals surface area contributed by atoms with Gasteiger partial charge in [-0.05, 0) is 31.6 Å². The molecule has 0 radical (unpaired) electrons. The van der Waals surface area contributed by atoms with Gasteiger partial charge >= 0.3 is 0 Å². The van der Waals surface area contributed by atoms with E-state index in [4.69, 9.17) is 0 Å². The molecule has 1 N–H and O–H groups in total. The molecule has 116 valence electrons. The number of halogens is 1. The minimum Gasteiger partial charge on any atom is -0.339 e. The van der Waals surface area contributed by atoms with E-state index in [9.17, 15) is 9.18 Å². The Labute approximate surface area is 123 Å². The molecular formula is C14H22FN5O. The smallest absolute Gasteiger partial charge is 0.236 e. The molecule has 7 heteroatoms. The second kappa shape index (κ2) is 6.51. The summed E-state index contributed by atoms with van der Waals surface area (Å²) in [7, 11) is 0. The van der Waals surface area contributed by atoms with Crippen LogP contribution in [0.25, 0.3) is 0 Å². The summed E-state index contributed by atoms with van der Waals surface area (Å²) in [5.74, 6) is 0.608. The molecule has 1 saturated carbocycles. The highest BCUT2D eigenvalue weighted by molar-refractivity contribution is 5.78. The Hall–Kier alpha value is -1.50. The molecule has 1 aliphatic heterocycles. The van der Waals surface area contributed by atoms with E-state index in [1.165, 1.54) is 0 Å². The second-order valence-electron chi connectivity index (χ2n) is 6.10. The van der Waals surface area contributed by atoms with Crippen molar-refractivity contribution in [3.8, 4) is 0 Å². The van der Waals surface area contributed by atoms with Crippen molar-refractivity contribution in [2.24, 2.45) is 5.92 Å². The van der Waals surface area contributed by atoms with Crippen LogP contribution in [0.15, 0.2) is 12.7 Å². The Morgan fingerprint density at radius 2 is 2.29 bits per heavy atom. The van der Waals surface area contributed by atoms with Gasteiger partial charge in [0.15, 0.2) is 0 Å². The molecule has 3 rings (SSSR count). The molecule has 1 aromatic rings. The molecule has 0 aromatic carbocycles. The van der Waals surface area contributed by atoms with Gasteiger partial charge in [0.2, 0.25) is 5.91 Å². The summed E-state index contributed by atoms with van der Waals surface area (Å²) in [5, 5.41) is 7.45. The molecule has 21 heavy (non-hydrogen) atoms. The Morgan fingerprint density at radius 1 is 1.38 bits per heavy atom. The van der Waals surface area contributed by atoms with Gasteiger partial charge in [0.1, 0.15) is 18.8 Å². The van der Waals surface area contributed by atoms with Gasteiger partial charge in [-0.3, -0.25) is 9.48 Å². The maximum absolute atomic E-state index is 13.1. The van der Waals surface area contributed by atoms with Crippen LogP contribution in [0, 0.1) is 5.92 Å². The summed E-state index contributed by atoms with van der Waals surface area (Å²) in [6, 6.07) is 0.381. The normalized spacial score (nSPS) is 29.2. The monoisotopic (exact) mass is 295 g/mol. The second-order valence-corrected chi connectivity index (χ2v) is 6.10. The third-order valence-electron chi connectivity index (χ3n) is 4.48. The van der Waals surface area contributed by atoms with Crippen molar-refractivity contribution < 1.29 is 9.18 Å². The molecule has 1 saturated heterocycles. The molecule has 2 fully saturated rings. The number of likely N-dealkylation sites (tertiary alicyclic amines) is 1. The summed E-state index contributed by atoms with van der Waals surface area (Å²) in [5.41, 5.74) is 0. The van der Waals surface area contributed by atoms with Gasteiger partial charge in [0.25, 0.3) is 0 Å². The lowest BCUT2D eigenvalue weighted by molar-refractivity contribution is -0.129. The van der Waals surface area contributed by atoms with Crippen LogP contribution in [0.2, 0.25) is 0 Å². The number of amides is 1. The first kappa shape index (κ1) is 14.4. The molecule has 0 unspecified atom stereocenters. The number of rotatable bonds is 5. The third-order valence-corrected chi connectivity index (χ3v) is 4.48. The quantitative estimate of drug-likeness (QED) is 0.864. The SMILES string of the molecule is O=C(CN[C@H]1CC[C@@H](Cn2cncn2)C1)N1CC[C@H](F)C1. The zero-order chi connectivity index (χ0) is 14.7. The topological polar surface area (TPSA) is 63.1 Å². The van der Waals surface area contributed by atoms with Crippen molar-refractivity contribution in [3.63, 3.8) is 0 Å². The highest BCUT2D eigenvalue weighted by Crippen LogP contribution is 2.26. The summed E-state index contributed by atoms with van der Waals surface area (Å²) in [6.07, 6.45) is 6.21. The first-order chi connectivity index (χ1) is 10.2. The lowest BCUT2D eigenvalue weighted by Gasteiger charge is -2.18. The highest BCUT2D eigenvalue weighted by Gasteiger charge is 2.28. The standard InChI is InChI=1S/C14H22FN5O/c15-12-3-4-19(8-12)14(21)6-17-13-2-1-11(5-13)7-20-10-16-9-18-20/h9-13,17H,1-8H2/t11-,12+,13+/m1/s1. The Kier molecular flexibility index (Phi) is 4.48. The zero-order valence-electron chi connectivity index (χ0n) is 12.1. The lowest BCUT2D eigenvalue weighted by atomic mass is 10.1. The zero-order valence-corrected chi connectivity index (χ0v) is 12.1. The molecule has 0 bridgehead atoms. The van der Waals surface area contributed by atoms with Gasteiger partial charge in [0.05, 0.1) is 13.1 Å². The molecule has 3 atom stereocenters. The number of hydrogen-bond acceptors (Lipinski definition) is 4. The van der Waals surface area contributed by atoms with Crippen LogP contribution in [0.5, 0.6) is 0 Å². The first-order valence-electron chi connectivity index (χ1n) is 7.68. The molecule has 2 heterocycles. The fourth-order valence-electron chi connectivity index (χ4n) is 3.31. The molecule has 2 aliphatic rings. The number of nitrogens with zero attached hydrogens (tertiary/aromatic N) is 4. The first-order valence-corrected chi connectivity index (χ1v) is 7.68. The van der Waals surface area contributed by atoms with Gasteiger partial charge in [-0.1, -0.05) is 0 Å². The summed E-state index contributed by atoms with van der Waals surface area (Å²) in [4.78, 5) is 17.5. The number of carbonyl (C=O) groups excluding carboxylic acids is 1. The number of nitrogens with one attached hydrogen (secondary N) is 1. The van der Waals surface area contributed by atoms with Crippen molar-refractivity contribution in [1.82, 2.24) is 25.0 Å². The lowest BCUT2D eigenvalue weighted by Crippen LogP contribution is -2.40. The molecule has 6 nitrogen and oxygen atoms in total. The van der Waals surface area contributed by atoms with Crippen molar-refractivity contribution >= 4 is 5.91 Å². The average Bonchev–Trinajstić information content (AvgIpc) is 3.19. The number of aromatic nitrogens is 3. The van der Waals surface area contributed by atoms with Crippen LogP contribution in [0.3, 0.4) is 0 Å². The number of hydrogen-bond donors (Lipinski definition) is 1. The van der Waals surface area contributed by atoms with Gasteiger partial charge in [0, 0.05) is 19.1 Å². The largest absolute Gasteiger partial charge is 0.339 e. The number of alkyl halides is 1. The minimum atomic E-state index is -0.840. The highest BCUT2D eigenvalue weighted by atomic mass is 19.1. The Morgan fingerprint density at radius 3 is 3.00 bits per heavy atom. The maximum atomic E-state index is 13.1. The predicted octanol–water partition coefficient (Wildman–Crippen LogP) is 0.607. The van der Waals surface area contributed by atoms with Crippen LogP contribution in [-0.4, -0.2) is 57.4 Å². The fraction of sp³-hybridized carbons (Fsp3) is 0.786. The fourth-order valence-corrected chi connectivity index (χ4v) is 3.31. The Bertz CT molecular complexity index is 466. The van der Waals surface area contributed by atoms with Crippen LogP contribution >= 0.6 is 0 Å². The van der Waals surface area contributed by atoms with E-state index in [0.717, 1.165) is 25.8 Å². The molecule has 1 aliphatic carbocycles. The summed E-state index contributed by atoms with van der Waals surface area (Å²) < 4.78 is 14.9. The average molecular weight is 295 g/mol. The predicted molar refractivity (Wildman–Crippen MR) is 75.2 cm³/mol. The van der Waals surface area contributed by atoms with Crippen LogP contribution in [0.1, 0.15) is 25.7 Å². The third kappa shape index (κ3) is 3.78. The molecule has 1 amide bonds. The van der Waals surface area contributed by atoms with E-state index in [2.05, 4.69) is 15.4 Å². The molecule has 0 spiro atoms. The van der Waals surface area contributed by atoms with Crippen LogP contribution < -0.4 is 5.32 Å². The van der Waals surface area contributed by atoms with Crippen molar-refractivity contribution in [1.29, 1.82) is 0 Å². The van der Waals surface area contributed by atoms with E-state index < -0.39 is 6.17 Å². The van der Waals surface area contributed by atoms with Crippen molar-refractivity contribution in [2.75, 3.05) is 19.6 Å². The number of carbonyl (C=O) groups is 1. The molecule has 1 aromatic heterocycles.